The molecule has 1 saturated heterocycles. The molecule has 0 bridgehead atoms. The molecule has 1 aromatic heterocycles. The summed E-state index contributed by atoms with van der Waals surface area (Å²) in [4.78, 5) is 9.26. The number of hydrogen-bond donors (Lipinski definition) is 1. The zero-order valence-electron chi connectivity index (χ0n) is 11.8. The number of rotatable bonds is 5. The normalized spacial score (nSPS) is 18.5. The fraction of sp³-hybridized carbons (Fsp3) is 0.714. The van der Waals surface area contributed by atoms with Crippen LogP contribution < -0.4 is 5.73 Å². The Morgan fingerprint density at radius 2 is 2.11 bits per heavy atom. The first-order valence-corrected chi connectivity index (χ1v) is 6.97. The van der Waals surface area contributed by atoms with Crippen LogP contribution in [-0.4, -0.2) is 36.3 Å². The molecule has 2 N–H and O–H groups in total. The fourth-order valence-corrected chi connectivity index (χ4v) is 2.52. The van der Waals surface area contributed by atoms with Crippen LogP contribution in [0.15, 0.2) is 6.07 Å². The Morgan fingerprint density at radius 1 is 1.37 bits per heavy atom. The summed E-state index contributed by atoms with van der Waals surface area (Å²) in [5, 5.41) is 0. The molecule has 0 spiro atoms. The van der Waals surface area contributed by atoms with Crippen LogP contribution in [0.25, 0.3) is 0 Å². The Hall–Kier alpha value is -1.04. The predicted octanol–water partition coefficient (Wildman–Crippen LogP) is 1.33. The topological polar surface area (TPSA) is 70.3 Å². The van der Waals surface area contributed by atoms with Gasteiger partial charge in [-0.15, -0.1) is 0 Å². The number of nitrogens with zero attached hydrogens (tertiary/aromatic N) is 2. The number of hydrogen-bond acceptors (Lipinski definition) is 5. The zero-order valence-corrected chi connectivity index (χ0v) is 11.8. The summed E-state index contributed by atoms with van der Waals surface area (Å²) in [6.07, 6.45) is 2.40. The van der Waals surface area contributed by atoms with Gasteiger partial charge in [0.15, 0.2) is 5.82 Å². The van der Waals surface area contributed by atoms with Crippen molar-refractivity contribution in [1.82, 2.24) is 9.97 Å². The molecule has 0 radical (unpaired) electrons. The Labute approximate surface area is 114 Å². The molecule has 1 aromatic rings. The highest BCUT2D eigenvalue weighted by molar-refractivity contribution is 5.15. The molecule has 1 fully saturated rings. The summed E-state index contributed by atoms with van der Waals surface area (Å²) in [6.45, 7) is 6.65. The second kappa shape index (κ2) is 6.41. The smallest absolute Gasteiger partial charge is 0.160 e. The maximum atomic E-state index is 6.01. The third kappa shape index (κ3) is 3.29. The summed E-state index contributed by atoms with van der Waals surface area (Å²) in [7, 11) is 0. The molecule has 0 aliphatic carbocycles. The number of ether oxygens (including phenoxy) is 2. The first-order valence-electron chi connectivity index (χ1n) is 6.97. The SMILES string of the molecule is CCOC1(c2nc(C)cc(CCN)n2)CCOCC1. The third-order valence-corrected chi connectivity index (χ3v) is 3.44. The van der Waals surface area contributed by atoms with Crippen molar-refractivity contribution in [2.24, 2.45) is 5.73 Å². The van der Waals surface area contributed by atoms with Gasteiger partial charge in [0.25, 0.3) is 0 Å². The highest BCUT2D eigenvalue weighted by Gasteiger charge is 2.38. The minimum Gasteiger partial charge on any atom is -0.381 e. The highest BCUT2D eigenvalue weighted by atomic mass is 16.5. The van der Waals surface area contributed by atoms with E-state index < -0.39 is 0 Å². The monoisotopic (exact) mass is 265 g/mol. The largest absolute Gasteiger partial charge is 0.381 e. The van der Waals surface area contributed by atoms with Gasteiger partial charge < -0.3 is 15.2 Å². The second-order valence-corrected chi connectivity index (χ2v) is 4.90. The van der Waals surface area contributed by atoms with Gasteiger partial charge >= 0.3 is 0 Å². The van der Waals surface area contributed by atoms with Crippen molar-refractivity contribution in [2.45, 2.75) is 38.7 Å². The molecule has 0 amide bonds. The van der Waals surface area contributed by atoms with E-state index >= 15 is 0 Å². The molecular formula is C14H23N3O2. The van der Waals surface area contributed by atoms with E-state index in [1.807, 2.05) is 19.9 Å². The van der Waals surface area contributed by atoms with E-state index in [1.54, 1.807) is 0 Å². The van der Waals surface area contributed by atoms with Crippen molar-refractivity contribution >= 4 is 0 Å². The average Bonchev–Trinajstić information content (AvgIpc) is 2.40. The Bertz CT molecular complexity index is 412. The number of aromatic nitrogens is 2. The molecule has 19 heavy (non-hydrogen) atoms. The van der Waals surface area contributed by atoms with Crippen LogP contribution >= 0.6 is 0 Å². The lowest BCUT2D eigenvalue weighted by Crippen LogP contribution is -2.38. The van der Waals surface area contributed by atoms with Crippen molar-refractivity contribution in [3.8, 4) is 0 Å². The molecule has 0 aromatic carbocycles. The van der Waals surface area contributed by atoms with E-state index in [0.717, 1.165) is 36.5 Å². The molecule has 0 saturated carbocycles. The lowest BCUT2D eigenvalue weighted by molar-refractivity contribution is -0.118. The van der Waals surface area contributed by atoms with Crippen LogP contribution in [0.1, 0.15) is 37.0 Å². The number of aryl methyl sites for hydroxylation is 1. The zero-order chi connectivity index (χ0) is 13.7. The van der Waals surface area contributed by atoms with Gasteiger partial charge in [0, 0.05) is 50.5 Å². The minimum atomic E-state index is -0.387. The molecule has 1 aliphatic heterocycles. The van der Waals surface area contributed by atoms with Crippen LogP contribution in [0.4, 0.5) is 0 Å². The van der Waals surface area contributed by atoms with Gasteiger partial charge in [0.2, 0.25) is 0 Å². The van der Waals surface area contributed by atoms with Gasteiger partial charge in [-0.2, -0.15) is 0 Å². The van der Waals surface area contributed by atoms with E-state index in [4.69, 9.17) is 15.2 Å². The Kier molecular flexibility index (Phi) is 4.85. The molecule has 2 rings (SSSR count). The minimum absolute atomic E-state index is 0.387. The van der Waals surface area contributed by atoms with Crippen LogP contribution in [0, 0.1) is 6.92 Å². The van der Waals surface area contributed by atoms with E-state index in [-0.39, 0.29) is 5.60 Å². The molecule has 5 nitrogen and oxygen atoms in total. The third-order valence-electron chi connectivity index (χ3n) is 3.44. The summed E-state index contributed by atoms with van der Waals surface area (Å²) in [5.41, 5.74) is 7.20. The van der Waals surface area contributed by atoms with E-state index in [9.17, 15) is 0 Å². The Balaban J connectivity index is 2.34. The van der Waals surface area contributed by atoms with Gasteiger partial charge in [-0.3, -0.25) is 0 Å². The van der Waals surface area contributed by atoms with Crippen molar-refractivity contribution in [3.05, 3.63) is 23.3 Å². The van der Waals surface area contributed by atoms with E-state index in [0.29, 0.717) is 26.4 Å². The van der Waals surface area contributed by atoms with Gasteiger partial charge in [0.1, 0.15) is 5.60 Å². The molecule has 0 atom stereocenters. The maximum Gasteiger partial charge on any atom is 0.160 e. The molecule has 2 heterocycles. The van der Waals surface area contributed by atoms with Gasteiger partial charge in [-0.25, -0.2) is 9.97 Å². The van der Waals surface area contributed by atoms with Crippen LogP contribution in [0.5, 0.6) is 0 Å². The van der Waals surface area contributed by atoms with Gasteiger partial charge in [0.05, 0.1) is 0 Å². The molecule has 5 heteroatoms. The quantitative estimate of drug-likeness (QED) is 0.869. The van der Waals surface area contributed by atoms with E-state index in [2.05, 4.69) is 9.97 Å². The van der Waals surface area contributed by atoms with Crippen LogP contribution in [0.2, 0.25) is 0 Å². The number of nitrogens with two attached hydrogens (primary N) is 1. The predicted molar refractivity (Wildman–Crippen MR) is 72.9 cm³/mol. The van der Waals surface area contributed by atoms with Crippen molar-refractivity contribution in [3.63, 3.8) is 0 Å². The van der Waals surface area contributed by atoms with Crippen LogP contribution in [-0.2, 0) is 21.5 Å². The van der Waals surface area contributed by atoms with Crippen molar-refractivity contribution in [1.29, 1.82) is 0 Å². The molecule has 0 unspecified atom stereocenters. The summed E-state index contributed by atoms with van der Waals surface area (Å²) in [6, 6.07) is 2.00. The van der Waals surface area contributed by atoms with Crippen molar-refractivity contribution < 1.29 is 9.47 Å². The lowest BCUT2D eigenvalue weighted by Gasteiger charge is -2.35. The standard InChI is InChI=1S/C14H23N3O2/c1-3-19-14(5-8-18-9-6-14)13-16-11(2)10-12(17-13)4-7-15/h10H,3-9,15H2,1-2H3. The maximum absolute atomic E-state index is 6.01. The van der Waals surface area contributed by atoms with Crippen molar-refractivity contribution in [2.75, 3.05) is 26.4 Å². The van der Waals surface area contributed by atoms with Gasteiger partial charge in [-0.05, 0) is 26.5 Å². The first-order chi connectivity index (χ1) is 9.20. The summed E-state index contributed by atoms with van der Waals surface area (Å²) >= 11 is 0. The summed E-state index contributed by atoms with van der Waals surface area (Å²) < 4.78 is 11.5. The fourth-order valence-electron chi connectivity index (χ4n) is 2.52. The molecule has 1 aliphatic rings. The lowest BCUT2D eigenvalue weighted by atomic mass is 9.92. The second-order valence-electron chi connectivity index (χ2n) is 4.90. The van der Waals surface area contributed by atoms with Gasteiger partial charge in [-0.1, -0.05) is 0 Å². The molecular weight excluding hydrogens is 242 g/mol. The average molecular weight is 265 g/mol. The first kappa shape index (κ1) is 14.4. The summed E-state index contributed by atoms with van der Waals surface area (Å²) in [5.74, 6) is 0.793. The molecule has 106 valence electrons. The van der Waals surface area contributed by atoms with E-state index in [1.165, 1.54) is 0 Å². The Morgan fingerprint density at radius 3 is 2.74 bits per heavy atom. The highest BCUT2D eigenvalue weighted by Crippen LogP contribution is 2.34. The van der Waals surface area contributed by atoms with Crippen LogP contribution in [0.3, 0.4) is 0 Å².